The van der Waals surface area contributed by atoms with E-state index in [1.807, 2.05) is 12.1 Å². The Morgan fingerprint density at radius 2 is 1.86 bits per heavy atom. The number of hydrogen-bond acceptors (Lipinski definition) is 5. The smallest absolute Gasteiger partial charge is 0.416 e. The lowest BCUT2D eigenvalue weighted by atomic mass is 9.78. The molecule has 0 saturated heterocycles. The molecule has 1 aliphatic rings. The number of aryl methyl sites for hydroxylation is 1. The lowest BCUT2D eigenvalue weighted by Gasteiger charge is -2.28. The quantitative estimate of drug-likeness (QED) is 0.413. The van der Waals surface area contributed by atoms with Crippen LogP contribution in [0.3, 0.4) is 0 Å². The molecule has 3 aromatic rings. The predicted molar refractivity (Wildman–Crippen MR) is 127 cm³/mol. The summed E-state index contributed by atoms with van der Waals surface area (Å²) in [5.74, 6) is 0.793. The van der Waals surface area contributed by atoms with E-state index >= 15 is 0 Å². The summed E-state index contributed by atoms with van der Waals surface area (Å²) >= 11 is 0. The number of carboxylic acids is 1. The van der Waals surface area contributed by atoms with Crippen LogP contribution in [-0.4, -0.2) is 28.2 Å². The molecule has 0 spiro atoms. The largest absolute Gasteiger partial charge is 0.496 e. The molecule has 6 nitrogen and oxygen atoms in total. The molecule has 0 aliphatic heterocycles. The Balaban J connectivity index is 1.69. The van der Waals surface area contributed by atoms with Crippen LogP contribution in [0.4, 0.5) is 19.0 Å². The monoisotopic (exact) mass is 487 g/mol. The highest BCUT2D eigenvalue weighted by atomic mass is 19.4. The molecule has 1 aromatic heterocycles. The maximum absolute atomic E-state index is 13.2. The summed E-state index contributed by atoms with van der Waals surface area (Å²) < 4.78 is 45.2. The molecular weight excluding hydrogens is 459 g/mol. The maximum Gasteiger partial charge on any atom is 0.416 e. The third kappa shape index (κ3) is 5.33. The number of rotatable bonds is 6. The Morgan fingerprint density at radius 3 is 2.49 bits per heavy atom. The Hall–Kier alpha value is -3.36. The Bertz CT molecular complexity index is 1240. The van der Waals surface area contributed by atoms with Crippen LogP contribution < -0.4 is 10.1 Å². The van der Waals surface area contributed by atoms with E-state index in [-0.39, 0.29) is 11.8 Å². The van der Waals surface area contributed by atoms with Crippen LogP contribution in [0.15, 0.2) is 36.4 Å². The van der Waals surface area contributed by atoms with Gasteiger partial charge in [-0.1, -0.05) is 12.1 Å². The zero-order valence-corrected chi connectivity index (χ0v) is 19.8. The first-order valence-corrected chi connectivity index (χ1v) is 11.6. The van der Waals surface area contributed by atoms with E-state index in [0.717, 1.165) is 35.9 Å². The number of carbonyl (C=O) groups is 1. The van der Waals surface area contributed by atoms with E-state index in [1.54, 1.807) is 27.0 Å². The van der Waals surface area contributed by atoms with Crippen molar-refractivity contribution in [3.8, 4) is 5.75 Å². The van der Waals surface area contributed by atoms with Gasteiger partial charge in [-0.15, -0.1) is 0 Å². The summed E-state index contributed by atoms with van der Waals surface area (Å²) in [7, 11) is 1.59. The van der Waals surface area contributed by atoms with Crippen molar-refractivity contribution >= 4 is 22.7 Å². The van der Waals surface area contributed by atoms with Crippen LogP contribution in [0.25, 0.3) is 10.9 Å². The van der Waals surface area contributed by atoms with Gasteiger partial charge in [0.25, 0.3) is 0 Å². The van der Waals surface area contributed by atoms with Gasteiger partial charge in [-0.3, -0.25) is 4.79 Å². The van der Waals surface area contributed by atoms with Gasteiger partial charge in [-0.05, 0) is 74.8 Å². The second-order valence-corrected chi connectivity index (χ2v) is 9.11. The van der Waals surface area contributed by atoms with Crippen molar-refractivity contribution in [3.63, 3.8) is 0 Å². The first-order chi connectivity index (χ1) is 16.6. The highest BCUT2D eigenvalue weighted by molar-refractivity contribution is 5.91. The number of ether oxygens (including phenoxy) is 1. The molecule has 0 unspecified atom stereocenters. The van der Waals surface area contributed by atoms with E-state index in [1.165, 1.54) is 6.07 Å². The Kier molecular flexibility index (Phi) is 6.87. The van der Waals surface area contributed by atoms with E-state index in [2.05, 4.69) is 15.3 Å². The molecule has 35 heavy (non-hydrogen) atoms. The SMILES string of the molecule is COc1cc2nc(C)nc(N[C@H](C)c3cccc(C(F)(F)F)c3)c2cc1[C@H]1CC[C@H](C(=O)O)CC1. The summed E-state index contributed by atoms with van der Waals surface area (Å²) in [6.45, 7) is 3.55. The number of nitrogens with one attached hydrogen (secondary N) is 1. The van der Waals surface area contributed by atoms with Gasteiger partial charge in [0.15, 0.2) is 0 Å². The number of anilines is 1. The average molecular weight is 488 g/mol. The lowest BCUT2D eigenvalue weighted by Crippen LogP contribution is -2.20. The van der Waals surface area contributed by atoms with Crippen LogP contribution in [-0.2, 0) is 11.0 Å². The third-order valence-corrected chi connectivity index (χ3v) is 6.74. The summed E-state index contributed by atoms with van der Waals surface area (Å²) in [6, 6.07) is 8.63. The molecule has 1 aliphatic carbocycles. The molecule has 186 valence electrons. The summed E-state index contributed by atoms with van der Waals surface area (Å²) in [4.78, 5) is 20.4. The molecule has 2 N–H and O–H groups in total. The zero-order chi connectivity index (χ0) is 25.3. The van der Waals surface area contributed by atoms with Crippen LogP contribution in [0, 0.1) is 12.8 Å². The summed E-state index contributed by atoms with van der Waals surface area (Å²) in [5, 5.41) is 13.3. The second-order valence-electron chi connectivity index (χ2n) is 9.11. The van der Waals surface area contributed by atoms with Crippen molar-refractivity contribution in [2.75, 3.05) is 12.4 Å². The molecule has 9 heteroatoms. The molecule has 1 fully saturated rings. The number of benzene rings is 2. The van der Waals surface area contributed by atoms with Gasteiger partial charge in [0, 0.05) is 17.5 Å². The van der Waals surface area contributed by atoms with Gasteiger partial charge in [0.1, 0.15) is 17.4 Å². The molecule has 1 heterocycles. The first-order valence-electron chi connectivity index (χ1n) is 11.6. The lowest BCUT2D eigenvalue weighted by molar-refractivity contribution is -0.143. The van der Waals surface area contributed by atoms with E-state index in [9.17, 15) is 23.1 Å². The minimum atomic E-state index is -4.42. The maximum atomic E-state index is 13.2. The molecule has 2 aromatic carbocycles. The van der Waals surface area contributed by atoms with Gasteiger partial charge >= 0.3 is 12.1 Å². The normalized spacial score (nSPS) is 19.4. The number of halogens is 3. The van der Waals surface area contributed by atoms with Crippen LogP contribution in [0.5, 0.6) is 5.75 Å². The van der Waals surface area contributed by atoms with Gasteiger partial charge in [0.2, 0.25) is 0 Å². The van der Waals surface area contributed by atoms with Gasteiger partial charge in [-0.25, -0.2) is 9.97 Å². The minimum absolute atomic E-state index is 0.139. The van der Waals surface area contributed by atoms with Gasteiger partial charge in [-0.2, -0.15) is 13.2 Å². The molecular formula is C26H28F3N3O3. The van der Waals surface area contributed by atoms with Crippen molar-refractivity contribution in [2.45, 2.75) is 57.7 Å². The molecule has 0 amide bonds. The van der Waals surface area contributed by atoms with Crippen molar-refractivity contribution in [1.29, 1.82) is 0 Å². The fourth-order valence-electron chi connectivity index (χ4n) is 4.82. The van der Waals surface area contributed by atoms with Crippen LogP contribution in [0.1, 0.15) is 67.1 Å². The highest BCUT2D eigenvalue weighted by Gasteiger charge is 2.31. The average Bonchev–Trinajstić information content (AvgIpc) is 2.82. The molecule has 0 bridgehead atoms. The van der Waals surface area contributed by atoms with Crippen molar-refractivity contribution < 1.29 is 27.8 Å². The number of nitrogens with zero attached hydrogens (tertiary/aromatic N) is 2. The van der Waals surface area contributed by atoms with Gasteiger partial charge < -0.3 is 15.2 Å². The summed E-state index contributed by atoms with van der Waals surface area (Å²) in [6.07, 6.45) is -1.75. The van der Waals surface area contributed by atoms with Crippen LogP contribution >= 0.6 is 0 Å². The fourth-order valence-corrected chi connectivity index (χ4v) is 4.82. The zero-order valence-electron chi connectivity index (χ0n) is 19.8. The minimum Gasteiger partial charge on any atom is -0.496 e. The van der Waals surface area contributed by atoms with E-state index in [0.29, 0.717) is 41.3 Å². The predicted octanol–water partition coefficient (Wildman–Crippen LogP) is 6.50. The third-order valence-electron chi connectivity index (χ3n) is 6.74. The molecule has 1 saturated carbocycles. The first kappa shape index (κ1) is 24.8. The second kappa shape index (κ2) is 9.71. The van der Waals surface area contributed by atoms with Crippen molar-refractivity contribution in [3.05, 3.63) is 58.9 Å². The number of alkyl halides is 3. The Labute approximate surface area is 201 Å². The number of methoxy groups -OCH3 is 1. The summed E-state index contributed by atoms with van der Waals surface area (Å²) in [5.41, 5.74) is 1.42. The van der Waals surface area contributed by atoms with E-state index in [4.69, 9.17) is 4.74 Å². The Morgan fingerprint density at radius 1 is 1.14 bits per heavy atom. The number of fused-ring (bicyclic) bond motifs is 1. The number of aromatic nitrogens is 2. The van der Waals surface area contributed by atoms with Crippen molar-refractivity contribution in [2.24, 2.45) is 5.92 Å². The van der Waals surface area contributed by atoms with Crippen LogP contribution in [0.2, 0.25) is 0 Å². The highest BCUT2D eigenvalue weighted by Crippen LogP contribution is 2.42. The molecule has 4 rings (SSSR count). The number of carboxylic acid groups (broad SMARTS) is 1. The molecule has 1 atom stereocenters. The fraction of sp³-hybridized carbons (Fsp3) is 0.423. The number of hydrogen-bond donors (Lipinski definition) is 2. The molecule has 0 radical (unpaired) electrons. The van der Waals surface area contributed by atoms with Crippen molar-refractivity contribution in [1.82, 2.24) is 9.97 Å². The van der Waals surface area contributed by atoms with Gasteiger partial charge in [0.05, 0.1) is 24.1 Å². The topological polar surface area (TPSA) is 84.3 Å². The standard InChI is InChI=1S/C26H28F3N3O3/c1-14(18-5-4-6-19(11-18)26(27,28)29)30-24-21-12-20(16-7-9-17(10-8-16)25(33)34)23(35-3)13-22(21)31-15(2)32-24/h4-6,11-14,16-17H,7-10H2,1-3H3,(H,33,34)(H,30,31,32)/t14-,16-,17-/m1/s1. The van der Waals surface area contributed by atoms with E-state index < -0.39 is 23.8 Å². The number of aliphatic carboxylic acids is 1.